The Morgan fingerprint density at radius 1 is 1.00 bits per heavy atom. The summed E-state index contributed by atoms with van der Waals surface area (Å²) in [6, 6.07) is 8.33. The smallest absolute Gasteiger partial charge is 0.204 e. The van der Waals surface area contributed by atoms with Gasteiger partial charge in [-0.05, 0) is 29.8 Å². The summed E-state index contributed by atoms with van der Waals surface area (Å²) in [6.45, 7) is 0. The van der Waals surface area contributed by atoms with Gasteiger partial charge in [0.15, 0.2) is 28.3 Å². The molecular weight excluding hydrogens is 324 g/mol. The third-order valence-electron chi connectivity index (χ3n) is 3.99. The van der Waals surface area contributed by atoms with E-state index in [1.54, 1.807) is 30.3 Å². The number of fused-ring (bicyclic) bond motifs is 1. The molecule has 0 aliphatic rings. The molecule has 0 atom stereocenters. The molecule has 0 aliphatic heterocycles. The number of methoxy groups -OCH3 is 3. The summed E-state index contributed by atoms with van der Waals surface area (Å²) in [5.41, 5.74) is 1.43. The molecule has 1 heterocycles. The first kappa shape index (κ1) is 16.7. The van der Waals surface area contributed by atoms with Crippen LogP contribution in [-0.4, -0.2) is 26.4 Å². The van der Waals surface area contributed by atoms with E-state index in [-0.39, 0.29) is 11.2 Å². The van der Waals surface area contributed by atoms with Crippen LogP contribution in [0.1, 0.15) is 11.1 Å². The molecule has 0 spiro atoms. The van der Waals surface area contributed by atoms with E-state index in [2.05, 4.69) is 0 Å². The van der Waals surface area contributed by atoms with Crippen LogP contribution >= 0.6 is 0 Å². The van der Waals surface area contributed by atoms with Crippen molar-refractivity contribution < 1.29 is 23.7 Å². The maximum Gasteiger partial charge on any atom is 0.204 e. The zero-order valence-corrected chi connectivity index (χ0v) is 14.2. The van der Waals surface area contributed by atoms with Crippen LogP contribution in [0.5, 0.6) is 23.0 Å². The third kappa shape index (κ3) is 2.98. The van der Waals surface area contributed by atoms with Gasteiger partial charge in [0.25, 0.3) is 0 Å². The normalized spacial score (nSPS) is 10.7. The molecule has 0 aliphatic carbocycles. The molecule has 6 heteroatoms. The van der Waals surface area contributed by atoms with E-state index in [0.29, 0.717) is 40.2 Å². The Kier molecular flexibility index (Phi) is 4.52. The van der Waals surface area contributed by atoms with Crippen molar-refractivity contribution in [3.63, 3.8) is 0 Å². The van der Waals surface area contributed by atoms with Gasteiger partial charge in [-0.2, -0.15) is 0 Å². The number of ether oxygens (including phenoxy) is 3. The van der Waals surface area contributed by atoms with E-state index in [0.717, 1.165) is 5.56 Å². The molecule has 0 bridgehead atoms. The average molecular weight is 342 g/mol. The predicted molar refractivity (Wildman–Crippen MR) is 93.1 cm³/mol. The zero-order valence-electron chi connectivity index (χ0n) is 14.2. The van der Waals surface area contributed by atoms with Gasteiger partial charge in [-0.1, -0.05) is 6.07 Å². The monoisotopic (exact) mass is 342 g/mol. The molecule has 0 saturated carbocycles. The van der Waals surface area contributed by atoms with Gasteiger partial charge in [-0.3, -0.25) is 4.79 Å². The lowest BCUT2D eigenvalue weighted by Crippen LogP contribution is -2.10. The van der Waals surface area contributed by atoms with Crippen molar-refractivity contribution in [1.82, 2.24) is 0 Å². The van der Waals surface area contributed by atoms with E-state index >= 15 is 0 Å². The van der Waals surface area contributed by atoms with E-state index in [1.807, 2.05) is 0 Å². The molecular formula is C19H18O6. The number of benzene rings is 2. The largest absolute Gasteiger partial charge is 0.504 e. The van der Waals surface area contributed by atoms with Crippen LogP contribution in [0.4, 0.5) is 0 Å². The fraction of sp³-hybridized carbons (Fsp3) is 0.211. The van der Waals surface area contributed by atoms with Crippen LogP contribution in [-0.2, 0) is 6.42 Å². The first-order valence-electron chi connectivity index (χ1n) is 7.60. The highest BCUT2D eigenvalue weighted by Gasteiger charge is 2.16. The Morgan fingerprint density at radius 3 is 2.36 bits per heavy atom. The second-order valence-corrected chi connectivity index (χ2v) is 5.45. The predicted octanol–water partition coefficient (Wildman–Crippen LogP) is 3.12. The molecule has 3 rings (SSSR count). The Bertz CT molecular complexity index is 974. The number of hydrogen-bond donors (Lipinski definition) is 1. The number of rotatable bonds is 5. The molecule has 6 nitrogen and oxygen atoms in total. The Balaban J connectivity index is 2.05. The minimum atomic E-state index is -0.155. The Morgan fingerprint density at radius 2 is 1.72 bits per heavy atom. The number of aromatic hydroxyl groups is 1. The molecule has 1 N–H and O–H groups in total. The SMILES string of the molecule is COc1ccc(Cc2coc3c(OC)c(OC)ccc3c2=O)cc1O. The summed E-state index contributed by atoms with van der Waals surface area (Å²) < 4.78 is 21.2. The topological polar surface area (TPSA) is 78.1 Å². The average Bonchev–Trinajstić information content (AvgIpc) is 2.63. The Hall–Kier alpha value is -3.15. The van der Waals surface area contributed by atoms with Gasteiger partial charge in [0, 0.05) is 12.0 Å². The van der Waals surface area contributed by atoms with Crippen molar-refractivity contribution in [2.75, 3.05) is 21.3 Å². The maximum atomic E-state index is 12.8. The molecule has 0 unspecified atom stereocenters. The maximum absolute atomic E-state index is 12.8. The van der Waals surface area contributed by atoms with Crippen molar-refractivity contribution in [2.24, 2.45) is 0 Å². The van der Waals surface area contributed by atoms with Crippen molar-refractivity contribution in [2.45, 2.75) is 6.42 Å². The number of phenolic OH excluding ortho intramolecular Hbond substituents is 1. The second-order valence-electron chi connectivity index (χ2n) is 5.45. The lowest BCUT2D eigenvalue weighted by molar-refractivity contribution is 0.353. The molecule has 0 amide bonds. The van der Waals surface area contributed by atoms with Gasteiger partial charge in [0.05, 0.1) is 33.0 Å². The molecule has 0 radical (unpaired) electrons. The van der Waals surface area contributed by atoms with Crippen LogP contribution in [0.3, 0.4) is 0 Å². The van der Waals surface area contributed by atoms with Crippen LogP contribution < -0.4 is 19.6 Å². The van der Waals surface area contributed by atoms with E-state index < -0.39 is 0 Å². The van der Waals surface area contributed by atoms with E-state index in [1.165, 1.54) is 27.6 Å². The fourth-order valence-electron chi connectivity index (χ4n) is 2.74. The molecule has 1 aromatic heterocycles. The van der Waals surface area contributed by atoms with Crippen LogP contribution in [0, 0.1) is 0 Å². The first-order chi connectivity index (χ1) is 12.1. The second kappa shape index (κ2) is 6.76. The van der Waals surface area contributed by atoms with Gasteiger partial charge in [0.2, 0.25) is 5.75 Å². The van der Waals surface area contributed by atoms with Crippen LogP contribution in [0.25, 0.3) is 11.0 Å². The number of phenols is 1. The van der Waals surface area contributed by atoms with Gasteiger partial charge >= 0.3 is 0 Å². The van der Waals surface area contributed by atoms with Gasteiger partial charge < -0.3 is 23.7 Å². The minimum Gasteiger partial charge on any atom is -0.504 e. The summed E-state index contributed by atoms with van der Waals surface area (Å²) in [5, 5.41) is 10.3. The zero-order chi connectivity index (χ0) is 18.0. The lowest BCUT2D eigenvalue weighted by Gasteiger charge is -2.10. The fourth-order valence-corrected chi connectivity index (χ4v) is 2.74. The van der Waals surface area contributed by atoms with Gasteiger partial charge in [-0.15, -0.1) is 0 Å². The first-order valence-corrected chi connectivity index (χ1v) is 7.60. The summed E-state index contributed by atoms with van der Waals surface area (Å²) in [6.07, 6.45) is 1.73. The van der Waals surface area contributed by atoms with Crippen molar-refractivity contribution in [3.8, 4) is 23.0 Å². The summed E-state index contributed by atoms with van der Waals surface area (Å²) in [5.74, 6) is 1.28. The van der Waals surface area contributed by atoms with Crippen LogP contribution in [0.15, 0.2) is 45.8 Å². The molecule has 25 heavy (non-hydrogen) atoms. The van der Waals surface area contributed by atoms with Gasteiger partial charge in [0.1, 0.15) is 0 Å². The molecule has 3 aromatic rings. The lowest BCUT2D eigenvalue weighted by atomic mass is 10.0. The molecule has 0 fully saturated rings. The van der Waals surface area contributed by atoms with Crippen molar-refractivity contribution >= 4 is 11.0 Å². The highest BCUT2D eigenvalue weighted by Crippen LogP contribution is 2.34. The number of hydrogen-bond acceptors (Lipinski definition) is 6. The summed E-state index contributed by atoms with van der Waals surface area (Å²) in [7, 11) is 4.49. The quantitative estimate of drug-likeness (QED) is 0.767. The van der Waals surface area contributed by atoms with Crippen LogP contribution in [0.2, 0.25) is 0 Å². The van der Waals surface area contributed by atoms with Crippen molar-refractivity contribution in [1.29, 1.82) is 0 Å². The third-order valence-corrected chi connectivity index (χ3v) is 3.99. The van der Waals surface area contributed by atoms with E-state index in [9.17, 15) is 9.90 Å². The molecule has 2 aromatic carbocycles. The standard InChI is InChI=1S/C19H18O6/c1-22-15-6-4-11(9-14(15)20)8-12-10-25-18-13(17(12)21)5-7-16(23-2)19(18)24-3/h4-7,9-10,20H,8H2,1-3H3. The molecule has 130 valence electrons. The van der Waals surface area contributed by atoms with Crippen molar-refractivity contribution in [3.05, 3.63) is 57.9 Å². The van der Waals surface area contributed by atoms with E-state index in [4.69, 9.17) is 18.6 Å². The molecule has 0 saturated heterocycles. The summed E-state index contributed by atoms with van der Waals surface area (Å²) in [4.78, 5) is 12.8. The minimum absolute atomic E-state index is 0.0246. The Labute approximate surface area is 144 Å². The highest BCUT2D eigenvalue weighted by atomic mass is 16.5. The van der Waals surface area contributed by atoms with Gasteiger partial charge in [-0.25, -0.2) is 0 Å². The highest BCUT2D eigenvalue weighted by molar-refractivity contribution is 5.85. The summed E-state index contributed by atoms with van der Waals surface area (Å²) >= 11 is 0.